The van der Waals surface area contributed by atoms with Crippen LogP contribution < -0.4 is 5.73 Å². The van der Waals surface area contributed by atoms with E-state index >= 15 is 0 Å². The SMILES string of the molecule is COC(=O)c1ccc(C2CC2)cc1N. The average Bonchev–Trinajstić information content (AvgIpc) is 3.00. The molecule has 0 atom stereocenters. The quantitative estimate of drug-likeness (QED) is 0.574. The van der Waals surface area contributed by atoms with Gasteiger partial charge in [0.15, 0.2) is 0 Å². The summed E-state index contributed by atoms with van der Waals surface area (Å²) in [6.07, 6.45) is 2.47. The van der Waals surface area contributed by atoms with Crippen molar-refractivity contribution in [3.63, 3.8) is 0 Å². The maximum absolute atomic E-state index is 11.2. The first-order valence-corrected chi connectivity index (χ1v) is 4.70. The number of hydrogen-bond acceptors (Lipinski definition) is 3. The Kier molecular flexibility index (Phi) is 2.15. The van der Waals surface area contributed by atoms with Gasteiger partial charge in [0.1, 0.15) is 0 Å². The number of nitrogen functional groups attached to an aromatic ring is 1. The molecule has 0 bridgehead atoms. The van der Waals surface area contributed by atoms with Crippen molar-refractivity contribution in [2.24, 2.45) is 0 Å². The Morgan fingerprint density at radius 3 is 2.71 bits per heavy atom. The third kappa shape index (κ3) is 1.58. The lowest BCUT2D eigenvalue weighted by Crippen LogP contribution is -2.05. The van der Waals surface area contributed by atoms with Crippen molar-refractivity contribution in [2.75, 3.05) is 12.8 Å². The summed E-state index contributed by atoms with van der Waals surface area (Å²) >= 11 is 0. The van der Waals surface area contributed by atoms with Crippen LogP contribution in [0.2, 0.25) is 0 Å². The number of carbonyl (C=O) groups is 1. The minimum absolute atomic E-state index is 0.371. The maximum Gasteiger partial charge on any atom is 0.339 e. The normalized spacial score (nSPS) is 15.2. The highest BCUT2D eigenvalue weighted by atomic mass is 16.5. The summed E-state index contributed by atoms with van der Waals surface area (Å²) in [4.78, 5) is 11.2. The number of nitrogens with two attached hydrogens (primary N) is 1. The minimum Gasteiger partial charge on any atom is -0.465 e. The Hall–Kier alpha value is -1.51. The zero-order chi connectivity index (χ0) is 10.1. The van der Waals surface area contributed by atoms with Crippen LogP contribution in [0, 0.1) is 0 Å². The topological polar surface area (TPSA) is 52.3 Å². The van der Waals surface area contributed by atoms with Gasteiger partial charge in [-0.05, 0) is 36.5 Å². The molecule has 3 heteroatoms. The van der Waals surface area contributed by atoms with Crippen LogP contribution in [0.3, 0.4) is 0 Å². The molecule has 14 heavy (non-hydrogen) atoms. The Balaban J connectivity index is 2.30. The van der Waals surface area contributed by atoms with Crippen molar-refractivity contribution in [3.05, 3.63) is 29.3 Å². The molecule has 1 fully saturated rings. The molecule has 1 aromatic carbocycles. The van der Waals surface area contributed by atoms with Crippen LogP contribution in [0.1, 0.15) is 34.7 Å². The average molecular weight is 191 g/mol. The maximum atomic E-state index is 11.2. The summed E-state index contributed by atoms with van der Waals surface area (Å²) in [5.41, 5.74) is 7.96. The molecule has 3 nitrogen and oxygen atoms in total. The van der Waals surface area contributed by atoms with E-state index in [0.29, 0.717) is 17.2 Å². The standard InChI is InChI=1S/C11H13NO2/c1-14-11(13)9-5-4-8(6-10(9)12)7-2-3-7/h4-7H,2-3,12H2,1H3. The van der Waals surface area contributed by atoms with Crippen LogP contribution in [0.5, 0.6) is 0 Å². The molecule has 1 saturated carbocycles. The van der Waals surface area contributed by atoms with E-state index in [1.54, 1.807) is 6.07 Å². The number of rotatable bonds is 2. The summed E-state index contributed by atoms with van der Waals surface area (Å²) in [5.74, 6) is 0.286. The Bertz CT molecular complexity index is 370. The van der Waals surface area contributed by atoms with Crippen molar-refractivity contribution < 1.29 is 9.53 Å². The van der Waals surface area contributed by atoms with Crippen LogP contribution in [-0.2, 0) is 4.74 Å². The largest absolute Gasteiger partial charge is 0.465 e. The van der Waals surface area contributed by atoms with Crippen LogP contribution >= 0.6 is 0 Å². The molecule has 0 amide bonds. The van der Waals surface area contributed by atoms with E-state index in [1.807, 2.05) is 12.1 Å². The van der Waals surface area contributed by atoms with Crippen LogP contribution in [0.15, 0.2) is 18.2 Å². The highest BCUT2D eigenvalue weighted by Gasteiger charge is 2.24. The van der Waals surface area contributed by atoms with Gasteiger partial charge in [0, 0.05) is 5.69 Å². The van der Waals surface area contributed by atoms with Crippen LogP contribution in [-0.4, -0.2) is 13.1 Å². The summed E-state index contributed by atoms with van der Waals surface area (Å²) in [6, 6.07) is 5.58. The number of anilines is 1. The van der Waals surface area contributed by atoms with Gasteiger partial charge < -0.3 is 10.5 Å². The van der Waals surface area contributed by atoms with Crippen molar-refractivity contribution in [2.45, 2.75) is 18.8 Å². The van der Waals surface area contributed by atoms with Crippen LogP contribution in [0.25, 0.3) is 0 Å². The van der Waals surface area contributed by atoms with E-state index in [-0.39, 0.29) is 5.97 Å². The van der Waals surface area contributed by atoms with Gasteiger partial charge in [0.05, 0.1) is 12.7 Å². The second-order valence-electron chi connectivity index (χ2n) is 3.61. The highest BCUT2D eigenvalue weighted by Crippen LogP contribution is 2.40. The molecule has 0 aliphatic heterocycles. The lowest BCUT2D eigenvalue weighted by molar-refractivity contribution is 0.0602. The third-order valence-electron chi connectivity index (χ3n) is 2.53. The number of hydrogen-bond donors (Lipinski definition) is 1. The Morgan fingerprint density at radius 2 is 2.21 bits per heavy atom. The highest BCUT2D eigenvalue weighted by molar-refractivity contribution is 5.95. The lowest BCUT2D eigenvalue weighted by Gasteiger charge is -2.05. The molecule has 2 N–H and O–H groups in total. The van der Waals surface area contributed by atoms with Gasteiger partial charge in [-0.15, -0.1) is 0 Å². The summed E-state index contributed by atoms with van der Waals surface area (Å²) in [6.45, 7) is 0. The molecule has 74 valence electrons. The van der Waals surface area contributed by atoms with Gasteiger partial charge >= 0.3 is 5.97 Å². The molecular formula is C11H13NO2. The number of methoxy groups -OCH3 is 1. The van der Waals surface area contributed by atoms with Crippen molar-refractivity contribution >= 4 is 11.7 Å². The zero-order valence-electron chi connectivity index (χ0n) is 8.12. The van der Waals surface area contributed by atoms with E-state index in [9.17, 15) is 4.79 Å². The summed E-state index contributed by atoms with van der Waals surface area (Å²) in [7, 11) is 1.36. The first-order valence-electron chi connectivity index (χ1n) is 4.70. The van der Waals surface area contributed by atoms with E-state index < -0.39 is 0 Å². The Labute approximate surface area is 82.9 Å². The molecule has 0 saturated heterocycles. The molecule has 0 spiro atoms. The predicted octanol–water partition coefficient (Wildman–Crippen LogP) is 1.93. The molecule has 2 rings (SSSR count). The van der Waals surface area contributed by atoms with Crippen molar-refractivity contribution in [1.29, 1.82) is 0 Å². The van der Waals surface area contributed by atoms with Gasteiger partial charge in [-0.3, -0.25) is 0 Å². The third-order valence-corrected chi connectivity index (χ3v) is 2.53. The molecule has 1 aliphatic carbocycles. The predicted molar refractivity (Wildman–Crippen MR) is 54.2 cm³/mol. The minimum atomic E-state index is -0.371. The van der Waals surface area contributed by atoms with E-state index in [4.69, 9.17) is 5.73 Å². The molecule has 0 heterocycles. The van der Waals surface area contributed by atoms with Crippen LogP contribution in [0.4, 0.5) is 5.69 Å². The van der Waals surface area contributed by atoms with Gasteiger partial charge in [-0.25, -0.2) is 4.79 Å². The Morgan fingerprint density at radius 1 is 1.50 bits per heavy atom. The van der Waals surface area contributed by atoms with Crippen molar-refractivity contribution in [3.8, 4) is 0 Å². The fourth-order valence-electron chi connectivity index (χ4n) is 1.55. The molecule has 1 aromatic rings. The summed E-state index contributed by atoms with van der Waals surface area (Å²) < 4.78 is 4.61. The molecule has 1 aliphatic rings. The smallest absolute Gasteiger partial charge is 0.339 e. The van der Waals surface area contributed by atoms with E-state index in [1.165, 1.54) is 25.5 Å². The first kappa shape index (κ1) is 9.06. The molecular weight excluding hydrogens is 178 g/mol. The van der Waals surface area contributed by atoms with E-state index in [0.717, 1.165) is 0 Å². The number of carbonyl (C=O) groups excluding carboxylic acids is 1. The second-order valence-corrected chi connectivity index (χ2v) is 3.61. The molecule has 0 aromatic heterocycles. The molecule has 0 radical (unpaired) electrons. The second kappa shape index (κ2) is 3.33. The number of ether oxygens (including phenoxy) is 1. The zero-order valence-corrected chi connectivity index (χ0v) is 8.12. The lowest BCUT2D eigenvalue weighted by atomic mass is 10.1. The number of benzene rings is 1. The van der Waals surface area contributed by atoms with Gasteiger partial charge in [-0.2, -0.15) is 0 Å². The number of esters is 1. The van der Waals surface area contributed by atoms with E-state index in [2.05, 4.69) is 4.74 Å². The fraction of sp³-hybridized carbons (Fsp3) is 0.364. The summed E-state index contributed by atoms with van der Waals surface area (Å²) in [5, 5.41) is 0. The monoisotopic (exact) mass is 191 g/mol. The van der Waals surface area contributed by atoms with Gasteiger partial charge in [-0.1, -0.05) is 6.07 Å². The first-order chi connectivity index (χ1) is 6.72. The van der Waals surface area contributed by atoms with Crippen molar-refractivity contribution in [1.82, 2.24) is 0 Å². The van der Waals surface area contributed by atoms with Gasteiger partial charge in [0.2, 0.25) is 0 Å². The molecule has 0 unspecified atom stereocenters. The fourth-order valence-corrected chi connectivity index (χ4v) is 1.55. The van der Waals surface area contributed by atoms with Gasteiger partial charge in [0.25, 0.3) is 0 Å².